The van der Waals surface area contributed by atoms with Crippen LogP contribution in [0.15, 0.2) is 24.9 Å². The van der Waals surface area contributed by atoms with Gasteiger partial charge >= 0.3 is 5.97 Å². The lowest BCUT2D eigenvalue weighted by Gasteiger charge is -2.09. The van der Waals surface area contributed by atoms with Gasteiger partial charge in [0.1, 0.15) is 6.61 Å². The maximum atomic E-state index is 11.9. The van der Waals surface area contributed by atoms with Crippen LogP contribution in [0.25, 0.3) is 5.65 Å². The number of aryl methyl sites for hydroxylation is 2. The molecule has 0 saturated heterocycles. The van der Waals surface area contributed by atoms with Gasteiger partial charge in [-0.05, 0) is 20.8 Å². The molecule has 0 spiro atoms. The molecule has 0 bridgehead atoms. The van der Waals surface area contributed by atoms with Gasteiger partial charge in [-0.1, -0.05) is 12.7 Å². The van der Waals surface area contributed by atoms with Crippen molar-refractivity contribution < 1.29 is 14.3 Å². The van der Waals surface area contributed by atoms with Gasteiger partial charge in [0.05, 0.1) is 17.9 Å². The fourth-order valence-corrected chi connectivity index (χ4v) is 1.92. The quantitative estimate of drug-likeness (QED) is 0.621. The van der Waals surface area contributed by atoms with Crippen LogP contribution >= 0.6 is 0 Å². The Labute approximate surface area is 117 Å². The molecule has 2 rings (SSSR count). The molecule has 2 heterocycles. The van der Waals surface area contributed by atoms with Crippen LogP contribution < -0.4 is 4.74 Å². The molecular formula is C15H18N2O3. The zero-order valence-electron chi connectivity index (χ0n) is 12.0. The molecule has 5 heteroatoms. The topological polar surface area (TPSA) is 52.8 Å². The third-order valence-corrected chi connectivity index (χ3v) is 3.03. The predicted molar refractivity (Wildman–Crippen MR) is 76.3 cm³/mol. The Morgan fingerprint density at radius 2 is 2.25 bits per heavy atom. The smallest absolute Gasteiger partial charge is 0.339 e. The number of carbonyl (C=O) groups is 1. The first-order valence-corrected chi connectivity index (χ1v) is 6.48. The van der Waals surface area contributed by atoms with E-state index in [0.717, 1.165) is 11.4 Å². The normalized spacial score (nSPS) is 10.6. The molecular weight excluding hydrogens is 256 g/mol. The van der Waals surface area contributed by atoms with Crippen LogP contribution in [0.2, 0.25) is 0 Å². The van der Waals surface area contributed by atoms with Crippen molar-refractivity contribution in [3.63, 3.8) is 0 Å². The van der Waals surface area contributed by atoms with Gasteiger partial charge in [0.2, 0.25) is 0 Å². The summed E-state index contributed by atoms with van der Waals surface area (Å²) in [6.07, 6.45) is 3.37. The molecule has 0 saturated carbocycles. The SMILES string of the molecule is C=CCOc1cc(C(=O)OCC)cn2c(C)c(C)nc12. The highest BCUT2D eigenvalue weighted by Gasteiger charge is 2.15. The van der Waals surface area contributed by atoms with Crippen LogP contribution in [0.4, 0.5) is 0 Å². The Bertz CT molecular complexity index is 659. The summed E-state index contributed by atoms with van der Waals surface area (Å²) in [5.74, 6) is 0.176. The molecule has 0 aliphatic carbocycles. The standard InChI is InChI=1S/C15H18N2O3/c1-5-7-20-13-8-12(15(18)19-6-2)9-17-11(4)10(3)16-14(13)17/h5,8-9H,1,6-7H2,2-4H3. The van der Waals surface area contributed by atoms with Gasteiger partial charge in [0.15, 0.2) is 11.4 Å². The maximum absolute atomic E-state index is 11.9. The first-order valence-electron chi connectivity index (χ1n) is 6.48. The largest absolute Gasteiger partial charge is 0.486 e. The molecule has 0 amide bonds. The monoisotopic (exact) mass is 274 g/mol. The minimum atomic E-state index is -0.372. The van der Waals surface area contributed by atoms with E-state index in [-0.39, 0.29) is 5.97 Å². The molecule has 0 radical (unpaired) electrons. The Balaban J connectivity index is 2.58. The highest BCUT2D eigenvalue weighted by atomic mass is 16.5. The summed E-state index contributed by atoms with van der Waals surface area (Å²) in [4.78, 5) is 16.4. The van der Waals surface area contributed by atoms with E-state index in [1.165, 1.54) is 0 Å². The van der Waals surface area contributed by atoms with E-state index in [9.17, 15) is 4.79 Å². The summed E-state index contributed by atoms with van der Waals surface area (Å²) in [7, 11) is 0. The summed E-state index contributed by atoms with van der Waals surface area (Å²) in [5.41, 5.74) is 3.00. The minimum absolute atomic E-state index is 0.335. The van der Waals surface area contributed by atoms with E-state index < -0.39 is 0 Å². The Kier molecular flexibility index (Phi) is 4.08. The molecule has 0 aromatic carbocycles. The van der Waals surface area contributed by atoms with Gasteiger partial charge in [-0.3, -0.25) is 0 Å². The molecule has 106 valence electrons. The van der Waals surface area contributed by atoms with Crippen molar-refractivity contribution in [3.05, 3.63) is 41.9 Å². The second kappa shape index (κ2) is 5.77. The number of pyridine rings is 1. The second-order valence-corrected chi connectivity index (χ2v) is 4.39. The van der Waals surface area contributed by atoms with Gasteiger partial charge in [-0.15, -0.1) is 0 Å². The van der Waals surface area contributed by atoms with Crippen LogP contribution in [0.5, 0.6) is 5.75 Å². The summed E-state index contributed by atoms with van der Waals surface area (Å²) in [6, 6.07) is 1.66. The van der Waals surface area contributed by atoms with Crippen LogP contribution in [0.1, 0.15) is 28.7 Å². The number of hydrogen-bond donors (Lipinski definition) is 0. The third kappa shape index (κ3) is 2.52. The van der Waals surface area contributed by atoms with Crippen LogP contribution in [0.3, 0.4) is 0 Å². The molecule has 0 N–H and O–H groups in total. The third-order valence-electron chi connectivity index (χ3n) is 3.03. The molecule has 5 nitrogen and oxygen atoms in total. The van der Waals surface area contributed by atoms with Gasteiger partial charge in [-0.2, -0.15) is 0 Å². The lowest BCUT2D eigenvalue weighted by Crippen LogP contribution is -2.08. The molecule has 20 heavy (non-hydrogen) atoms. The van der Waals surface area contributed by atoms with Crippen molar-refractivity contribution in [1.82, 2.24) is 9.38 Å². The fourth-order valence-electron chi connectivity index (χ4n) is 1.92. The van der Waals surface area contributed by atoms with Crippen LogP contribution in [-0.4, -0.2) is 28.6 Å². The summed E-state index contributed by atoms with van der Waals surface area (Å²) < 4.78 is 12.5. The van der Waals surface area contributed by atoms with Crippen LogP contribution in [-0.2, 0) is 4.74 Å². The lowest BCUT2D eigenvalue weighted by atomic mass is 10.2. The van der Waals surface area contributed by atoms with Crippen molar-refractivity contribution >= 4 is 11.6 Å². The number of nitrogens with zero attached hydrogens (tertiary/aromatic N) is 2. The molecule has 0 unspecified atom stereocenters. The first-order chi connectivity index (χ1) is 9.58. The highest BCUT2D eigenvalue weighted by molar-refractivity contribution is 5.90. The van der Waals surface area contributed by atoms with Gasteiger partial charge in [0, 0.05) is 18.0 Å². The van der Waals surface area contributed by atoms with Crippen molar-refractivity contribution in [1.29, 1.82) is 0 Å². The number of aromatic nitrogens is 2. The van der Waals surface area contributed by atoms with Crippen molar-refractivity contribution in [2.45, 2.75) is 20.8 Å². The maximum Gasteiger partial charge on any atom is 0.339 e. The Morgan fingerprint density at radius 3 is 2.90 bits per heavy atom. The average molecular weight is 274 g/mol. The Hall–Kier alpha value is -2.30. The van der Waals surface area contributed by atoms with Gasteiger partial charge in [0.25, 0.3) is 0 Å². The number of carbonyl (C=O) groups excluding carboxylic acids is 1. The van der Waals surface area contributed by atoms with Crippen molar-refractivity contribution in [2.24, 2.45) is 0 Å². The molecule has 0 fully saturated rings. The zero-order valence-corrected chi connectivity index (χ0v) is 12.0. The van der Waals surface area contributed by atoms with Crippen molar-refractivity contribution in [3.8, 4) is 5.75 Å². The number of fused-ring (bicyclic) bond motifs is 1. The zero-order chi connectivity index (χ0) is 14.7. The average Bonchev–Trinajstić information content (AvgIpc) is 2.72. The first kappa shape index (κ1) is 14.1. The van der Waals surface area contributed by atoms with Gasteiger partial charge in [-0.25, -0.2) is 9.78 Å². The lowest BCUT2D eigenvalue weighted by molar-refractivity contribution is 0.0525. The van der Waals surface area contributed by atoms with Gasteiger partial charge < -0.3 is 13.9 Å². The number of imidazole rings is 1. The number of rotatable bonds is 5. The number of hydrogen-bond acceptors (Lipinski definition) is 4. The predicted octanol–water partition coefficient (Wildman–Crippen LogP) is 2.69. The highest BCUT2D eigenvalue weighted by Crippen LogP contribution is 2.24. The van der Waals surface area contributed by atoms with E-state index in [1.54, 1.807) is 25.3 Å². The summed E-state index contributed by atoms with van der Waals surface area (Å²) in [5, 5.41) is 0. The van der Waals surface area contributed by atoms with E-state index in [4.69, 9.17) is 9.47 Å². The number of esters is 1. The fraction of sp³-hybridized carbons (Fsp3) is 0.333. The van der Waals surface area contributed by atoms with E-state index in [2.05, 4.69) is 11.6 Å². The molecule has 0 aliphatic heterocycles. The second-order valence-electron chi connectivity index (χ2n) is 4.39. The summed E-state index contributed by atoms with van der Waals surface area (Å²) in [6.45, 7) is 9.95. The molecule has 2 aromatic rings. The number of ether oxygens (including phenoxy) is 2. The van der Waals surface area contributed by atoms with Crippen molar-refractivity contribution in [2.75, 3.05) is 13.2 Å². The molecule has 0 atom stereocenters. The molecule has 2 aromatic heterocycles. The molecule has 0 aliphatic rings. The minimum Gasteiger partial charge on any atom is -0.486 e. The van der Waals surface area contributed by atoms with E-state index in [0.29, 0.717) is 30.2 Å². The summed E-state index contributed by atoms with van der Waals surface area (Å²) >= 11 is 0. The van der Waals surface area contributed by atoms with Crippen LogP contribution in [0, 0.1) is 13.8 Å². The van der Waals surface area contributed by atoms with E-state index in [1.807, 2.05) is 18.2 Å². The Morgan fingerprint density at radius 1 is 1.50 bits per heavy atom. The van der Waals surface area contributed by atoms with E-state index >= 15 is 0 Å².